The number of fused-ring (bicyclic) bond motifs is 13. The third-order valence-electron chi connectivity index (χ3n) is 12.5. The fourth-order valence-corrected chi connectivity index (χ4v) is 10.0. The fourth-order valence-electron chi connectivity index (χ4n) is 10.0. The van der Waals surface area contributed by atoms with E-state index in [2.05, 4.69) is 229 Å². The largest absolute Gasteiger partial charge is 0.455 e. The van der Waals surface area contributed by atoms with Gasteiger partial charge in [-0.3, -0.25) is 0 Å². The summed E-state index contributed by atoms with van der Waals surface area (Å²) in [6.45, 7) is 0. The number of para-hydroxylation sites is 3. The van der Waals surface area contributed by atoms with Crippen LogP contribution in [0.3, 0.4) is 0 Å². The van der Waals surface area contributed by atoms with Crippen LogP contribution in [0, 0.1) is 0 Å². The highest BCUT2D eigenvalue weighted by molar-refractivity contribution is 6.01. The van der Waals surface area contributed by atoms with Gasteiger partial charge in [-0.05, 0) is 74.5 Å². The Hall–Kier alpha value is -7.68. The summed E-state index contributed by atoms with van der Waals surface area (Å²) in [5.41, 5.74) is 14.8. The Morgan fingerprint density at radius 2 is 0.797 bits per heavy atom. The molecule has 0 fully saturated rings. The minimum absolute atomic E-state index is 0.592. The second-order valence-electron chi connectivity index (χ2n) is 15.6. The first kappa shape index (κ1) is 33.5. The number of anilines is 3. The van der Waals surface area contributed by atoms with Crippen molar-refractivity contribution in [3.63, 3.8) is 0 Å². The van der Waals surface area contributed by atoms with Gasteiger partial charge in [0.2, 0.25) is 0 Å². The molecular formula is C57H37NO. The van der Waals surface area contributed by atoms with Crippen molar-refractivity contribution in [2.75, 3.05) is 4.90 Å². The Labute approximate surface area is 343 Å². The first-order valence-electron chi connectivity index (χ1n) is 20.3. The summed E-state index contributed by atoms with van der Waals surface area (Å²) in [6, 6.07) is 81.6. The second-order valence-corrected chi connectivity index (χ2v) is 15.6. The predicted octanol–water partition coefficient (Wildman–Crippen LogP) is 15.3. The van der Waals surface area contributed by atoms with Crippen molar-refractivity contribution in [2.45, 2.75) is 5.41 Å². The minimum Gasteiger partial charge on any atom is -0.455 e. The number of hydrogen-bond donors (Lipinski definition) is 0. The lowest BCUT2D eigenvalue weighted by atomic mass is 9.65. The van der Waals surface area contributed by atoms with Crippen molar-refractivity contribution in [3.05, 3.63) is 247 Å². The van der Waals surface area contributed by atoms with E-state index in [0.29, 0.717) is 0 Å². The van der Waals surface area contributed by atoms with Crippen LogP contribution in [0.4, 0.5) is 17.1 Å². The highest BCUT2D eigenvalue weighted by Gasteiger charge is 2.51. The molecule has 0 bridgehead atoms. The molecule has 0 atom stereocenters. The number of benzene rings is 10. The summed E-state index contributed by atoms with van der Waals surface area (Å²) in [7, 11) is 0. The molecule has 10 aromatic carbocycles. The van der Waals surface area contributed by atoms with Crippen molar-refractivity contribution in [1.29, 1.82) is 0 Å². The van der Waals surface area contributed by atoms with Gasteiger partial charge in [0, 0.05) is 38.7 Å². The fraction of sp³-hybridized carbons (Fsp3) is 0.0175. The summed E-state index contributed by atoms with van der Waals surface area (Å²) in [5.74, 6) is 1.86. The molecule has 2 heteroatoms. The molecule has 1 heterocycles. The second kappa shape index (κ2) is 13.2. The van der Waals surface area contributed by atoms with E-state index in [1.165, 1.54) is 55.3 Å². The molecule has 2 nitrogen and oxygen atoms in total. The Balaban J connectivity index is 1.11. The van der Waals surface area contributed by atoms with E-state index in [4.69, 9.17) is 4.74 Å². The van der Waals surface area contributed by atoms with Gasteiger partial charge in [0.25, 0.3) is 0 Å². The zero-order chi connectivity index (χ0) is 38.9. The van der Waals surface area contributed by atoms with E-state index in [1.54, 1.807) is 0 Å². The van der Waals surface area contributed by atoms with Crippen LogP contribution >= 0.6 is 0 Å². The zero-order valence-corrected chi connectivity index (χ0v) is 32.2. The number of nitrogens with zero attached hydrogens (tertiary/aromatic N) is 1. The summed E-state index contributed by atoms with van der Waals surface area (Å²) in [6.07, 6.45) is 0. The molecule has 0 aromatic heterocycles. The minimum atomic E-state index is -0.592. The number of ether oxygens (including phenoxy) is 1. The Morgan fingerprint density at radius 1 is 0.322 bits per heavy atom. The third-order valence-corrected chi connectivity index (χ3v) is 12.5. The van der Waals surface area contributed by atoms with E-state index in [9.17, 15) is 0 Å². The molecule has 1 spiro atoms. The van der Waals surface area contributed by atoms with Crippen LogP contribution < -0.4 is 9.64 Å². The van der Waals surface area contributed by atoms with E-state index in [1.807, 2.05) is 0 Å². The molecule has 1 aliphatic carbocycles. The molecule has 0 radical (unpaired) electrons. The topological polar surface area (TPSA) is 12.5 Å². The molecule has 59 heavy (non-hydrogen) atoms. The van der Waals surface area contributed by atoms with E-state index in [-0.39, 0.29) is 0 Å². The van der Waals surface area contributed by atoms with Crippen molar-refractivity contribution in [1.82, 2.24) is 0 Å². The lowest BCUT2D eigenvalue weighted by Crippen LogP contribution is -2.32. The van der Waals surface area contributed by atoms with Crippen LogP contribution in [0.15, 0.2) is 224 Å². The average Bonchev–Trinajstić information content (AvgIpc) is 3.60. The van der Waals surface area contributed by atoms with Gasteiger partial charge in [0.1, 0.15) is 11.5 Å². The Morgan fingerprint density at radius 3 is 1.44 bits per heavy atom. The highest BCUT2D eigenvalue weighted by Crippen LogP contribution is 2.64. The van der Waals surface area contributed by atoms with Crippen LogP contribution in [0.25, 0.3) is 54.9 Å². The molecule has 0 unspecified atom stereocenters. The van der Waals surface area contributed by atoms with Gasteiger partial charge < -0.3 is 9.64 Å². The Bertz CT molecular complexity index is 3170. The number of rotatable bonds is 5. The molecule has 0 N–H and O–H groups in total. The van der Waals surface area contributed by atoms with Gasteiger partial charge in [-0.2, -0.15) is 0 Å². The molecule has 0 saturated heterocycles. The van der Waals surface area contributed by atoms with Crippen LogP contribution in [-0.2, 0) is 5.41 Å². The van der Waals surface area contributed by atoms with Gasteiger partial charge in [0.05, 0.1) is 16.8 Å². The standard InChI is InChI=1S/C57H37NO/c1-3-17-38(18-4-1)43-23-12-15-29-53(43)58(42-21-5-2-6-22-42)54-30-16-13-24-44(54)41-33-34-50-48(37-41)47-27-11-14-28-49(47)57(50)51-35-31-39-19-7-9-25-45(39)55(51)59-56-46-26-10-8-20-40(46)32-36-52(56)57/h1-37H. The molecule has 0 saturated carbocycles. The zero-order valence-electron chi connectivity index (χ0n) is 32.2. The first-order valence-corrected chi connectivity index (χ1v) is 20.3. The van der Waals surface area contributed by atoms with Crippen LogP contribution in [0.1, 0.15) is 22.3 Å². The monoisotopic (exact) mass is 751 g/mol. The third kappa shape index (κ3) is 4.93. The predicted molar refractivity (Wildman–Crippen MR) is 244 cm³/mol. The maximum atomic E-state index is 7.18. The van der Waals surface area contributed by atoms with Gasteiger partial charge in [-0.15, -0.1) is 0 Å². The van der Waals surface area contributed by atoms with Crippen molar-refractivity contribution < 1.29 is 4.74 Å². The maximum Gasteiger partial charge on any atom is 0.140 e. The lowest BCUT2D eigenvalue weighted by molar-refractivity contribution is 0.447. The first-order chi connectivity index (χ1) is 29.3. The SMILES string of the molecule is c1ccc(-c2ccccc2N(c2ccccc2)c2ccccc2-c2ccc3c(c2)-c2ccccc2C32c3ccc4ccccc4c3Oc3c2ccc2ccccc32)cc1. The van der Waals surface area contributed by atoms with Gasteiger partial charge in [0.15, 0.2) is 0 Å². The van der Waals surface area contributed by atoms with E-state index in [0.717, 1.165) is 50.5 Å². The molecule has 2 aliphatic rings. The summed E-state index contributed by atoms with van der Waals surface area (Å²) in [4.78, 5) is 2.42. The summed E-state index contributed by atoms with van der Waals surface area (Å²) < 4.78 is 7.18. The lowest BCUT2D eigenvalue weighted by Gasteiger charge is -2.40. The highest BCUT2D eigenvalue weighted by atomic mass is 16.5. The van der Waals surface area contributed by atoms with Crippen LogP contribution in [0.5, 0.6) is 11.5 Å². The van der Waals surface area contributed by atoms with Crippen molar-refractivity contribution >= 4 is 38.6 Å². The van der Waals surface area contributed by atoms with Gasteiger partial charge in [-0.25, -0.2) is 0 Å². The average molecular weight is 752 g/mol. The molecule has 0 amide bonds. The Kier molecular flexibility index (Phi) is 7.48. The molecule has 1 aliphatic heterocycles. The van der Waals surface area contributed by atoms with Gasteiger partial charge in [-0.1, -0.05) is 194 Å². The molecule has 12 rings (SSSR count). The molecule has 10 aromatic rings. The van der Waals surface area contributed by atoms with Crippen molar-refractivity contribution in [2.24, 2.45) is 0 Å². The summed E-state index contributed by atoms with van der Waals surface area (Å²) >= 11 is 0. The quantitative estimate of drug-likeness (QED) is 0.174. The smallest absolute Gasteiger partial charge is 0.140 e. The van der Waals surface area contributed by atoms with E-state index < -0.39 is 5.41 Å². The normalized spacial score (nSPS) is 13.0. The molecule has 276 valence electrons. The number of hydrogen-bond acceptors (Lipinski definition) is 2. The van der Waals surface area contributed by atoms with E-state index >= 15 is 0 Å². The van der Waals surface area contributed by atoms with Crippen LogP contribution in [-0.4, -0.2) is 0 Å². The molecular weight excluding hydrogens is 715 g/mol. The van der Waals surface area contributed by atoms with Crippen molar-refractivity contribution in [3.8, 4) is 44.9 Å². The maximum absolute atomic E-state index is 7.18. The van der Waals surface area contributed by atoms with Gasteiger partial charge >= 0.3 is 0 Å². The summed E-state index contributed by atoms with van der Waals surface area (Å²) in [5, 5.41) is 4.58. The van der Waals surface area contributed by atoms with Crippen LogP contribution in [0.2, 0.25) is 0 Å².